The number of nitrogens with two attached hydrogens (primary N) is 1. The van der Waals surface area contributed by atoms with Crippen molar-refractivity contribution >= 4 is 6.03 Å². The van der Waals surface area contributed by atoms with Crippen molar-refractivity contribution in [2.75, 3.05) is 19.6 Å². The molecule has 0 heterocycles. The first-order valence-corrected chi connectivity index (χ1v) is 5.54. The summed E-state index contributed by atoms with van der Waals surface area (Å²) in [7, 11) is 0. The van der Waals surface area contributed by atoms with Crippen molar-refractivity contribution in [3.05, 3.63) is 35.9 Å². The molecule has 0 aliphatic carbocycles. The second-order valence-corrected chi connectivity index (χ2v) is 3.53. The molecule has 0 bridgehead atoms. The first kappa shape index (κ1) is 12.5. The summed E-state index contributed by atoms with van der Waals surface area (Å²) in [5.41, 5.74) is 6.61. The lowest BCUT2D eigenvalue weighted by atomic mass is 10.2. The molecule has 4 nitrogen and oxygen atoms in total. The molecule has 0 saturated carbocycles. The summed E-state index contributed by atoms with van der Waals surface area (Å²) in [6, 6.07) is 9.84. The quantitative estimate of drug-likeness (QED) is 0.784. The van der Waals surface area contributed by atoms with Gasteiger partial charge in [0.2, 0.25) is 0 Å². The highest BCUT2D eigenvalue weighted by Gasteiger charge is 2.11. The molecule has 0 radical (unpaired) electrons. The number of carbonyl (C=O) groups is 1. The molecule has 0 spiro atoms. The second-order valence-electron chi connectivity index (χ2n) is 3.53. The minimum absolute atomic E-state index is 0.0585. The lowest BCUT2D eigenvalue weighted by molar-refractivity contribution is 0.197. The maximum atomic E-state index is 11.7. The Morgan fingerprint density at radius 3 is 2.62 bits per heavy atom. The summed E-state index contributed by atoms with van der Waals surface area (Å²) in [6.07, 6.45) is 0. The number of hydrogen-bond acceptors (Lipinski definition) is 2. The maximum Gasteiger partial charge on any atom is 0.317 e. The molecule has 88 valence electrons. The lowest BCUT2D eigenvalue weighted by Gasteiger charge is -2.22. The molecule has 0 aliphatic heterocycles. The Morgan fingerprint density at radius 2 is 2.06 bits per heavy atom. The smallest absolute Gasteiger partial charge is 0.317 e. The molecule has 3 N–H and O–H groups in total. The Morgan fingerprint density at radius 1 is 1.38 bits per heavy atom. The van der Waals surface area contributed by atoms with E-state index in [1.54, 1.807) is 4.90 Å². The van der Waals surface area contributed by atoms with Crippen LogP contribution in [0.15, 0.2) is 30.3 Å². The molecule has 1 aromatic rings. The van der Waals surface area contributed by atoms with Gasteiger partial charge in [0.1, 0.15) is 0 Å². The van der Waals surface area contributed by atoms with Gasteiger partial charge in [-0.15, -0.1) is 0 Å². The van der Waals surface area contributed by atoms with Crippen LogP contribution in [0.4, 0.5) is 4.79 Å². The van der Waals surface area contributed by atoms with Gasteiger partial charge in [0.15, 0.2) is 0 Å². The van der Waals surface area contributed by atoms with E-state index in [4.69, 9.17) is 5.73 Å². The van der Waals surface area contributed by atoms with E-state index in [0.29, 0.717) is 26.2 Å². The molecule has 2 amide bonds. The first-order valence-electron chi connectivity index (χ1n) is 5.54. The lowest BCUT2D eigenvalue weighted by Crippen LogP contribution is -2.41. The monoisotopic (exact) mass is 221 g/mol. The number of amides is 2. The Kier molecular flexibility index (Phi) is 5.36. The van der Waals surface area contributed by atoms with Crippen molar-refractivity contribution in [2.24, 2.45) is 5.73 Å². The molecule has 0 atom stereocenters. The van der Waals surface area contributed by atoms with Crippen LogP contribution in [-0.2, 0) is 6.54 Å². The summed E-state index contributed by atoms with van der Waals surface area (Å²) >= 11 is 0. The second kappa shape index (κ2) is 6.85. The minimum atomic E-state index is -0.0585. The van der Waals surface area contributed by atoms with Gasteiger partial charge in [0.25, 0.3) is 0 Å². The molecule has 1 rings (SSSR count). The number of carbonyl (C=O) groups excluding carboxylic acids is 1. The molecule has 1 aromatic carbocycles. The van der Waals surface area contributed by atoms with E-state index in [0.717, 1.165) is 5.56 Å². The van der Waals surface area contributed by atoms with Crippen LogP contribution in [-0.4, -0.2) is 30.6 Å². The van der Waals surface area contributed by atoms with Crippen LogP contribution in [0, 0.1) is 0 Å². The highest BCUT2D eigenvalue weighted by Crippen LogP contribution is 2.03. The van der Waals surface area contributed by atoms with Crippen molar-refractivity contribution in [2.45, 2.75) is 13.5 Å². The SMILES string of the molecule is CCNC(=O)N(CCN)Cc1ccccc1. The van der Waals surface area contributed by atoms with Crippen molar-refractivity contribution in [3.8, 4) is 0 Å². The van der Waals surface area contributed by atoms with Gasteiger partial charge in [0.05, 0.1) is 0 Å². The predicted molar refractivity (Wildman–Crippen MR) is 65.0 cm³/mol. The molecule has 4 heteroatoms. The van der Waals surface area contributed by atoms with E-state index in [-0.39, 0.29) is 6.03 Å². The minimum Gasteiger partial charge on any atom is -0.338 e. The number of nitrogens with zero attached hydrogens (tertiary/aromatic N) is 1. The van der Waals surface area contributed by atoms with Crippen LogP contribution in [0.3, 0.4) is 0 Å². The molecule has 0 unspecified atom stereocenters. The van der Waals surface area contributed by atoms with Crippen LogP contribution in [0.25, 0.3) is 0 Å². The Balaban J connectivity index is 2.60. The Bertz CT molecular complexity index is 313. The largest absolute Gasteiger partial charge is 0.338 e. The molecule has 16 heavy (non-hydrogen) atoms. The maximum absolute atomic E-state index is 11.7. The number of nitrogens with one attached hydrogen (secondary N) is 1. The highest BCUT2D eigenvalue weighted by atomic mass is 16.2. The average Bonchev–Trinajstić information content (AvgIpc) is 2.30. The zero-order chi connectivity index (χ0) is 11.8. The molecule has 0 saturated heterocycles. The van der Waals surface area contributed by atoms with E-state index >= 15 is 0 Å². The fraction of sp³-hybridized carbons (Fsp3) is 0.417. The standard InChI is InChI=1S/C12H19N3O/c1-2-14-12(16)15(9-8-13)10-11-6-4-3-5-7-11/h3-7H,2,8-10,13H2,1H3,(H,14,16). The first-order chi connectivity index (χ1) is 7.77. The summed E-state index contributed by atoms with van der Waals surface area (Å²) in [5.74, 6) is 0. The van der Waals surface area contributed by atoms with Crippen LogP contribution in [0.5, 0.6) is 0 Å². The molecule has 0 aliphatic rings. The van der Waals surface area contributed by atoms with Gasteiger partial charge in [0, 0.05) is 26.2 Å². The number of benzene rings is 1. The van der Waals surface area contributed by atoms with Crippen LogP contribution >= 0.6 is 0 Å². The Labute approximate surface area is 96.4 Å². The highest BCUT2D eigenvalue weighted by molar-refractivity contribution is 5.74. The summed E-state index contributed by atoms with van der Waals surface area (Å²) < 4.78 is 0. The van der Waals surface area contributed by atoms with Crippen LogP contribution in [0.1, 0.15) is 12.5 Å². The van der Waals surface area contributed by atoms with Crippen molar-refractivity contribution in [1.29, 1.82) is 0 Å². The Hall–Kier alpha value is -1.55. The van der Waals surface area contributed by atoms with E-state index in [1.165, 1.54) is 0 Å². The third-order valence-corrected chi connectivity index (χ3v) is 2.23. The van der Waals surface area contributed by atoms with Crippen LogP contribution < -0.4 is 11.1 Å². The van der Waals surface area contributed by atoms with Crippen molar-refractivity contribution < 1.29 is 4.79 Å². The van der Waals surface area contributed by atoms with Gasteiger partial charge in [-0.3, -0.25) is 0 Å². The van der Waals surface area contributed by atoms with Crippen molar-refractivity contribution in [3.63, 3.8) is 0 Å². The van der Waals surface area contributed by atoms with E-state index in [2.05, 4.69) is 5.32 Å². The molecular formula is C12H19N3O. The van der Waals surface area contributed by atoms with Gasteiger partial charge in [-0.25, -0.2) is 4.79 Å². The van der Waals surface area contributed by atoms with Gasteiger partial charge in [-0.2, -0.15) is 0 Å². The summed E-state index contributed by atoms with van der Waals surface area (Å²) in [6.45, 7) is 4.18. The average molecular weight is 221 g/mol. The van der Waals surface area contributed by atoms with Gasteiger partial charge in [-0.05, 0) is 12.5 Å². The van der Waals surface area contributed by atoms with E-state index < -0.39 is 0 Å². The molecule has 0 fully saturated rings. The van der Waals surface area contributed by atoms with Gasteiger partial charge >= 0.3 is 6.03 Å². The summed E-state index contributed by atoms with van der Waals surface area (Å²) in [5, 5.41) is 2.78. The topological polar surface area (TPSA) is 58.4 Å². The van der Waals surface area contributed by atoms with Crippen LogP contribution in [0.2, 0.25) is 0 Å². The fourth-order valence-electron chi connectivity index (χ4n) is 1.48. The molecule has 0 aromatic heterocycles. The summed E-state index contributed by atoms with van der Waals surface area (Å²) in [4.78, 5) is 13.4. The van der Waals surface area contributed by atoms with Gasteiger partial charge in [-0.1, -0.05) is 30.3 Å². The number of rotatable bonds is 5. The van der Waals surface area contributed by atoms with E-state index in [1.807, 2.05) is 37.3 Å². The number of hydrogen-bond donors (Lipinski definition) is 2. The number of urea groups is 1. The fourth-order valence-corrected chi connectivity index (χ4v) is 1.48. The third-order valence-electron chi connectivity index (χ3n) is 2.23. The van der Waals surface area contributed by atoms with Gasteiger partial charge < -0.3 is 16.0 Å². The van der Waals surface area contributed by atoms with E-state index in [9.17, 15) is 4.79 Å². The zero-order valence-electron chi connectivity index (χ0n) is 9.65. The molecular weight excluding hydrogens is 202 g/mol. The normalized spacial score (nSPS) is 9.88. The van der Waals surface area contributed by atoms with Crippen molar-refractivity contribution in [1.82, 2.24) is 10.2 Å². The third kappa shape index (κ3) is 3.90. The predicted octanol–water partition coefficient (Wildman–Crippen LogP) is 1.18. The zero-order valence-corrected chi connectivity index (χ0v) is 9.65.